The molecule has 4 amide bonds. The first-order valence-electron chi connectivity index (χ1n) is 10.7. The third kappa shape index (κ3) is 5.31. The average molecular weight is 444 g/mol. The first kappa shape index (κ1) is 23.4. The first-order valence-corrected chi connectivity index (χ1v) is 10.7. The lowest BCUT2D eigenvalue weighted by Gasteiger charge is -2.43. The van der Waals surface area contributed by atoms with E-state index < -0.39 is 42.0 Å². The minimum atomic E-state index is -0.995. The van der Waals surface area contributed by atoms with Crippen LogP contribution >= 0.6 is 0 Å². The number of hydrazine groups is 1. The number of hydrogen-bond acceptors (Lipinski definition) is 6. The number of aliphatic hydroxyl groups is 1. The number of aldehydes is 1. The van der Waals surface area contributed by atoms with E-state index in [1.165, 1.54) is 11.9 Å². The molecule has 172 valence electrons. The van der Waals surface area contributed by atoms with Crippen molar-refractivity contribution >= 4 is 29.9 Å². The van der Waals surface area contributed by atoms with E-state index in [1.54, 1.807) is 30.3 Å². The number of carbonyl (C=O) groups is 5. The molecule has 0 spiro atoms. The topological polar surface area (TPSA) is 136 Å². The molecule has 2 aliphatic rings. The van der Waals surface area contributed by atoms with E-state index in [0.29, 0.717) is 31.2 Å². The molecule has 2 heterocycles. The van der Waals surface area contributed by atoms with Gasteiger partial charge in [0, 0.05) is 24.9 Å². The van der Waals surface area contributed by atoms with Crippen LogP contribution in [0.2, 0.25) is 0 Å². The minimum absolute atomic E-state index is 0.0360. The zero-order valence-corrected chi connectivity index (χ0v) is 17.9. The maximum Gasteiger partial charge on any atom is 0.264 e. The molecule has 2 saturated heterocycles. The molecular formula is C22H28N4O6. The van der Waals surface area contributed by atoms with Crippen LogP contribution in [0.25, 0.3) is 0 Å². The van der Waals surface area contributed by atoms with Crippen molar-refractivity contribution < 1.29 is 29.1 Å². The SMILES string of the molecule is CC(O)C[C@@H](C=O)NC(=O)[C@@H]1CCCN2C(=O)CC[C@H](NC(=O)c3ccccc3)C(=O)N12. The fourth-order valence-electron chi connectivity index (χ4n) is 4.03. The number of hydrogen-bond donors (Lipinski definition) is 3. The van der Waals surface area contributed by atoms with Crippen LogP contribution < -0.4 is 10.6 Å². The van der Waals surface area contributed by atoms with Crippen LogP contribution in [0.15, 0.2) is 30.3 Å². The van der Waals surface area contributed by atoms with Crippen molar-refractivity contribution in [2.45, 2.75) is 63.3 Å². The van der Waals surface area contributed by atoms with Crippen LogP contribution in [0.4, 0.5) is 0 Å². The van der Waals surface area contributed by atoms with Crippen LogP contribution in [0.1, 0.15) is 49.4 Å². The van der Waals surface area contributed by atoms with E-state index in [9.17, 15) is 29.1 Å². The molecule has 0 aliphatic carbocycles. The molecule has 1 unspecified atom stereocenters. The second-order valence-electron chi connectivity index (χ2n) is 8.12. The Hall–Kier alpha value is -3.27. The molecule has 0 bridgehead atoms. The molecule has 1 aromatic rings. The highest BCUT2D eigenvalue weighted by Gasteiger charge is 2.44. The Kier molecular flexibility index (Phi) is 7.57. The number of nitrogens with one attached hydrogen (secondary N) is 2. The first-order chi connectivity index (χ1) is 15.3. The molecule has 0 radical (unpaired) electrons. The average Bonchev–Trinajstić information content (AvgIpc) is 2.90. The third-order valence-electron chi connectivity index (χ3n) is 5.59. The van der Waals surface area contributed by atoms with Crippen molar-refractivity contribution in [3.63, 3.8) is 0 Å². The second kappa shape index (κ2) is 10.4. The van der Waals surface area contributed by atoms with E-state index in [2.05, 4.69) is 10.6 Å². The molecule has 3 N–H and O–H groups in total. The van der Waals surface area contributed by atoms with Gasteiger partial charge in [0.1, 0.15) is 18.4 Å². The van der Waals surface area contributed by atoms with Crippen LogP contribution in [0, 0.1) is 0 Å². The Morgan fingerprint density at radius 2 is 1.94 bits per heavy atom. The number of amides is 4. The Balaban J connectivity index is 1.80. The molecule has 4 atom stereocenters. The summed E-state index contributed by atoms with van der Waals surface area (Å²) in [5.74, 6) is -1.87. The van der Waals surface area contributed by atoms with E-state index >= 15 is 0 Å². The van der Waals surface area contributed by atoms with Crippen LogP contribution in [0.3, 0.4) is 0 Å². The summed E-state index contributed by atoms with van der Waals surface area (Å²) in [5.41, 5.74) is 0.382. The second-order valence-corrected chi connectivity index (χ2v) is 8.12. The van der Waals surface area contributed by atoms with Gasteiger partial charge < -0.3 is 20.5 Å². The molecule has 0 saturated carbocycles. The number of fused-ring (bicyclic) bond motifs is 1. The molecule has 2 fully saturated rings. The molecule has 10 nitrogen and oxygen atoms in total. The van der Waals surface area contributed by atoms with Crippen molar-refractivity contribution in [1.29, 1.82) is 0 Å². The van der Waals surface area contributed by atoms with E-state index in [4.69, 9.17) is 0 Å². The summed E-state index contributed by atoms with van der Waals surface area (Å²) in [4.78, 5) is 62.9. The molecule has 32 heavy (non-hydrogen) atoms. The van der Waals surface area contributed by atoms with Gasteiger partial charge in [0.15, 0.2) is 0 Å². The quantitative estimate of drug-likeness (QED) is 0.497. The molecule has 2 aliphatic heterocycles. The standard InChI is InChI=1S/C22H28N4O6/c1-14(28)12-16(13-27)23-21(31)18-8-5-11-25-19(29)10-9-17(22(32)26(18)25)24-20(30)15-6-3-2-4-7-15/h2-4,6-7,13-14,16-18,28H,5,8-12H2,1H3,(H,23,31)(H,24,30)/t14?,16-,17-,18-/m0/s1. The van der Waals surface area contributed by atoms with Crippen molar-refractivity contribution in [1.82, 2.24) is 20.7 Å². The predicted octanol–water partition coefficient (Wildman–Crippen LogP) is -0.232. The number of carbonyl (C=O) groups excluding carboxylic acids is 5. The number of aliphatic hydroxyl groups excluding tert-OH is 1. The summed E-state index contributed by atoms with van der Waals surface area (Å²) in [7, 11) is 0. The van der Waals surface area contributed by atoms with Crippen LogP contribution in [0.5, 0.6) is 0 Å². The summed E-state index contributed by atoms with van der Waals surface area (Å²) >= 11 is 0. The zero-order chi connectivity index (χ0) is 23.3. The smallest absolute Gasteiger partial charge is 0.264 e. The molecular weight excluding hydrogens is 416 g/mol. The number of benzene rings is 1. The molecule has 3 rings (SSSR count). The van der Waals surface area contributed by atoms with Gasteiger partial charge in [-0.05, 0) is 38.3 Å². The van der Waals surface area contributed by atoms with Crippen molar-refractivity contribution in [2.75, 3.05) is 6.54 Å². The fourth-order valence-corrected chi connectivity index (χ4v) is 4.03. The van der Waals surface area contributed by atoms with Gasteiger partial charge in [-0.15, -0.1) is 0 Å². The van der Waals surface area contributed by atoms with E-state index in [1.807, 2.05) is 0 Å². The number of nitrogens with zero attached hydrogens (tertiary/aromatic N) is 2. The van der Waals surface area contributed by atoms with Gasteiger partial charge in [-0.3, -0.25) is 24.2 Å². The summed E-state index contributed by atoms with van der Waals surface area (Å²) in [5, 5.41) is 17.2. The van der Waals surface area contributed by atoms with Gasteiger partial charge in [-0.1, -0.05) is 18.2 Å². The Labute approximate surface area is 185 Å². The molecule has 10 heteroatoms. The van der Waals surface area contributed by atoms with Gasteiger partial charge in [0.2, 0.25) is 11.8 Å². The van der Waals surface area contributed by atoms with Crippen molar-refractivity contribution in [3.8, 4) is 0 Å². The van der Waals surface area contributed by atoms with Gasteiger partial charge in [0.25, 0.3) is 11.8 Å². The molecule has 1 aromatic carbocycles. The normalized spacial score (nSPS) is 22.9. The highest BCUT2D eigenvalue weighted by atomic mass is 16.3. The maximum absolute atomic E-state index is 13.4. The van der Waals surface area contributed by atoms with E-state index in [-0.39, 0.29) is 25.2 Å². The summed E-state index contributed by atoms with van der Waals surface area (Å²) in [6.45, 7) is 1.79. The van der Waals surface area contributed by atoms with Gasteiger partial charge in [0.05, 0.1) is 12.1 Å². The summed E-state index contributed by atoms with van der Waals surface area (Å²) in [6.07, 6.45) is 0.758. The third-order valence-corrected chi connectivity index (χ3v) is 5.59. The lowest BCUT2D eigenvalue weighted by atomic mass is 10.0. The number of rotatable bonds is 7. The molecule has 0 aromatic heterocycles. The monoisotopic (exact) mass is 444 g/mol. The van der Waals surface area contributed by atoms with Gasteiger partial charge >= 0.3 is 0 Å². The zero-order valence-electron chi connectivity index (χ0n) is 17.9. The largest absolute Gasteiger partial charge is 0.393 e. The predicted molar refractivity (Wildman–Crippen MR) is 113 cm³/mol. The van der Waals surface area contributed by atoms with Crippen molar-refractivity contribution in [3.05, 3.63) is 35.9 Å². The lowest BCUT2D eigenvalue weighted by molar-refractivity contribution is -0.176. The summed E-state index contributed by atoms with van der Waals surface area (Å²) in [6, 6.07) is 5.54. The van der Waals surface area contributed by atoms with Gasteiger partial charge in [-0.25, -0.2) is 5.01 Å². The Bertz CT molecular complexity index is 874. The van der Waals surface area contributed by atoms with Crippen molar-refractivity contribution in [2.24, 2.45) is 0 Å². The van der Waals surface area contributed by atoms with Crippen LogP contribution in [-0.2, 0) is 19.2 Å². The van der Waals surface area contributed by atoms with Gasteiger partial charge in [-0.2, -0.15) is 0 Å². The van der Waals surface area contributed by atoms with Crippen LogP contribution in [-0.4, -0.2) is 75.8 Å². The highest BCUT2D eigenvalue weighted by molar-refractivity contribution is 5.99. The highest BCUT2D eigenvalue weighted by Crippen LogP contribution is 2.25. The maximum atomic E-state index is 13.4. The fraction of sp³-hybridized carbons (Fsp3) is 0.500. The minimum Gasteiger partial charge on any atom is -0.393 e. The Morgan fingerprint density at radius 1 is 1.22 bits per heavy atom. The van der Waals surface area contributed by atoms with E-state index in [0.717, 1.165) is 5.01 Å². The Morgan fingerprint density at radius 3 is 2.59 bits per heavy atom. The lowest BCUT2D eigenvalue weighted by Crippen LogP contribution is -2.64. The summed E-state index contributed by atoms with van der Waals surface area (Å²) < 4.78 is 0.